The molecule has 0 aliphatic carbocycles. The molecule has 0 N–H and O–H groups in total. The zero-order chi connectivity index (χ0) is 20.7. The second-order valence-corrected chi connectivity index (χ2v) is 8.61. The van der Waals surface area contributed by atoms with E-state index in [9.17, 15) is 0 Å². The summed E-state index contributed by atoms with van der Waals surface area (Å²) in [6.45, 7) is 3.20. The van der Waals surface area contributed by atoms with E-state index in [1.165, 1.54) is 32.1 Å². The summed E-state index contributed by atoms with van der Waals surface area (Å²) in [5.74, 6) is 0.979. The van der Waals surface area contributed by atoms with Crippen molar-refractivity contribution in [2.45, 2.75) is 57.3 Å². The molecule has 0 bridgehead atoms. The number of imidazole rings is 1. The Morgan fingerprint density at radius 1 is 0.862 bits per heavy atom. The van der Waals surface area contributed by atoms with Gasteiger partial charge in [-0.05, 0) is 29.7 Å². The largest absolute Gasteiger partial charge is 0.335 e. The number of hydrogen-bond donors (Lipinski definition) is 0. The second kappa shape index (κ2) is 10.4. The van der Waals surface area contributed by atoms with E-state index < -0.39 is 5.31 Å². The van der Waals surface area contributed by atoms with Crippen LogP contribution >= 0.6 is 23.2 Å². The van der Waals surface area contributed by atoms with E-state index in [4.69, 9.17) is 28.2 Å². The molecule has 0 aliphatic heterocycles. The summed E-state index contributed by atoms with van der Waals surface area (Å²) in [6.07, 6.45) is 11.6. The molecule has 0 spiro atoms. The molecule has 152 valence electrons. The molecule has 0 amide bonds. The molecule has 0 saturated heterocycles. The molecule has 5 heteroatoms. The maximum Gasteiger partial charge on any atom is 0.131 e. The molecule has 3 rings (SSSR count). The van der Waals surface area contributed by atoms with Gasteiger partial charge < -0.3 is 4.57 Å². The van der Waals surface area contributed by atoms with Crippen LogP contribution in [0.15, 0.2) is 60.9 Å². The molecule has 0 unspecified atom stereocenters. The van der Waals surface area contributed by atoms with Crippen molar-refractivity contribution in [3.8, 4) is 0 Å². The number of rotatable bonds is 10. The average Bonchev–Trinajstić information content (AvgIpc) is 3.20. The monoisotopic (exact) mass is 426 g/mol. The van der Waals surface area contributed by atoms with Crippen molar-refractivity contribution < 1.29 is 0 Å². The lowest BCUT2D eigenvalue weighted by Gasteiger charge is -2.33. The van der Waals surface area contributed by atoms with Gasteiger partial charge in [-0.1, -0.05) is 98.6 Å². The Kier molecular flexibility index (Phi) is 7.86. The van der Waals surface area contributed by atoms with Crippen molar-refractivity contribution in [3.63, 3.8) is 0 Å². The van der Waals surface area contributed by atoms with Crippen LogP contribution in [0.3, 0.4) is 0 Å². The third-order valence-electron chi connectivity index (χ3n) is 5.74. The molecular weight excluding hydrogens is 398 g/mol. The van der Waals surface area contributed by atoms with Gasteiger partial charge in [-0.25, -0.2) is 4.98 Å². The van der Waals surface area contributed by atoms with Gasteiger partial charge in [0, 0.05) is 34.3 Å². The van der Waals surface area contributed by atoms with Gasteiger partial charge in [-0.3, -0.25) is 0 Å². The molecule has 2 nitrogen and oxygen atoms in total. The van der Waals surface area contributed by atoms with Gasteiger partial charge in [-0.15, -0.1) is 0 Å². The minimum absolute atomic E-state index is 0.539. The first-order valence-electron chi connectivity index (χ1n) is 10.6. The lowest BCUT2D eigenvalue weighted by Crippen LogP contribution is -2.34. The summed E-state index contributed by atoms with van der Waals surface area (Å²) in [6, 6.07) is 16.0. The summed E-state index contributed by atoms with van der Waals surface area (Å²) in [7, 11) is 2.18. The molecule has 0 saturated carbocycles. The normalized spacial score (nSPS) is 11.7. The molecule has 3 aromatic rings. The van der Waals surface area contributed by atoms with E-state index in [2.05, 4.69) is 37.7 Å². The van der Waals surface area contributed by atoms with Crippen LogP contribution in [0.1, 0.15) is 62.4 Å². The standard InChI is InChI=1S/C24H29BCl2N2/c1-2-3-4-5-6-11-17-29-18-16-28-23(29)24(25,19-12-7-9-14-21(19)26)20-13-8-10-15-22(20)27/h7-10,12-16,18H,2-6,11,17,25H2,1H3. The Bertz CT molecular complexity index is 877. The van der Waals surface area contributed by atoms with E-state index in [0.717, 1.165) is 40.0 Å². The maximum absolute atomic E-state index is 6.68. The van der Waals surface area contributed by atoms with Gasteiger partial charge in [0.15, 0.2) is 0 Å². The van der Waals surface area contributed by atoms with Crippen molar-refractivity contribution in [1.82, 2.24) is 9.55 Å². The first-order valence-corrected chi connectivity index (χ1v) is 11.4. The number of halogens is 2. The topological polar surface area (TPSA) is 17.8 Å². The van der Waals surface area contributed by atoms with Gasteiger partial charge in [0.1, 0.15) is 13.7 Å². The lowest BCUT2D eigenvalue weighted by molar-refractivity contribution is 0.537. The van der Waals surface area contributed by atoms with Crippen LogP contribution in [0.2, 0.25) is 10.0 Å². The highest BCUT2D eigenvalue weighted by Gasteiger charge is 2.38. The SMILES string of the molecule is BC(c1ccccc1Cl)(c1ccccc1Cl)c1nccn1CCCCCCCC. The van der Waals surface area contributed by atoms with Crippen LogP contribution in [0.5, 0.6) is 0 Å². The first kappa shape index (κ1) is 22.0. The highest BCUT2D eigenvalue weighted by Crippen LogP contribution is 2.41. The van der Waals surface area contributed by atoms with Crippen LogP contribution in [0, 0.1) is 0 Å². The van der Waals surface area contributed by atoms with Gasteiger partial charge in [-0.2, -0.15) is 0 Å². The van der Waals surface area contributed by atoms with E-state index in [-0.39, 0.29) is 0 Å². The summed E-state index contributed by atoms with van der Waals surface area (Å²) in [5, 5.41) is 0.913. The fourth-order valence-corrected chi connectivity index (χ4v) is 4.76. The highest BCUT2D eigenvalue weighted by molar-refractivity contribution is 6.35. The Labute approximate surface area is 185 Å². The molecule has 0 aliphatic rings. The molecule has 0 radical (unpaired) electrons. The predicted octanol–water partition coefficient (Wildman–Crippen LogP) is 6.48. The summed E-state index contributed by atoms with van der Waals surface area (Å²) >= 11 is 13.4. The van der Waals surface area contributed by atoms with Crippen LogP contribution in [-0.4, -0.2) is 17.4 Å². The van der Waals surface area contributed by atoms with Crippen molar-refractivity contribution in [2.24, 2.45) is 0 Å². The minimum atomic E-state index is -0.539. The molecule has 1 aromatic heterocycles. The zero-order valence-corrected chi connectivity index (χ0v) is 18.9. The first-order chi connectivity index (χ1) is 14.1. The highest BCUT2D eigenvalue weighted by atomic mass is 35.5. The van der Waals surface area contributed by atoms with Gasteiger partial charge in [0.25, 0.3) is 0 Å². The smallest absolute Gasteiger partial charge is 0.131 e. The summed E-state index contributed by atoms with van der Waals surface area (Å²) in [5.41, 5.74) is 2.04. The van der Waals surface area contributed by atoms with E-state index in [1.54, 1.807) is 0 Å². The molecule has 2 aromatic carbocycles. The Morgan fingerprint density at radius 3 is 2.00 bits per heavy atom. The van der Waals surface area contributed by atoms with Gasteiger partial charge >= 0.3 is 0 Å². The quantitative estimate of drug-likeness (QED) is 0.268. The fourth-order valence-electron chi connectivity index (χ4n) is 4.11. The van der Waals surface area contributed by atoms with Crippen LogP contribution in [0.4, 0.5) is 0 Å². The molecule has 1 heterocycles. The number of unbranched alkanes of at least 4 members (excludes halogenated alkanes) is 5. The van der Waals surface area contributed by atoms with Gasteiger partial charge in [0.05, 0.1) is 0 Å². The molecule has 29 heavy (non-hydrogen) atoms. The third kappa shape index (κ3) is 4.90. The fraction of sp³-hybridized carbons (Fsp3) is 0.375. The Hall–Kier alpha value is -1.71. The molecular formula is C24H29BCl2N2. The van der Waals surface area contributed by atoms with E-state index in [1.807, 2.05) is 42.6 Å². The van der Waals surface area contributed by atoms with Crippen LogP contribution in [0.25, 0.3) is 0 Å². The van der Waals surface area contributed by atoms with Crippen LogP contribution < -0.4 is 0 Å². The summed E-state index contributed by atoms with van der Waals surface area (Å²) in [4.78, 5) is 4.80. The number of aromatic nitrogens is 2. The average molecular weight is 427 g/mol. The number of aryl methyl sites for hydroxylation is 1. The summed E-state index contributed by atoms with van der Waals surface area (Å²) < 4.78 is 2.27. The number of benzene rings is 2. The molecule has 0 atom stereocenters. The van der Waals surface area contributed by atoms with Crippen molar-refractivity contribution in [2.75, 3.05) is 0 Å². The van der Waals surface area contributed by atoms with E-state index >= 15 is 0 Å². The Balaban J connectivity index is 1.96. The number of hydrogen-bond acceptors (Lipinski definition) is 1. The van der Waals surface area contributed by atoms with E-state index in [0.29, 0.717) is 0 Å². The van der Waals surface area contributed by atoms with Crippen LogP contribution in [-0.2, 0) is 11.9 Å². The second-order valence-electron chi connectivity index (χ2n) is 7.80. The third-order valence-corrected chi connectivity index (χ3v) is 6.40. The van der Waals surface area contributed by atoms with Gasteiger partial charge in [0.2, 0.25) is 0 Å². The number of nitrogens with zero attached hydrogens (tertiary/aromatic N) is 2. The van der Waals surface area contributed by atoms with Crippen molar-refractivity contribution in [3.05, 3.63) is 87.9 Å². The lowest BCUT2D eigenvalue weighted by atomic mass is 9.59. The maximum atomic E-state index is 6.68. The predicted molar refractivity (Wildman–Crippen MR) is 127 cm³/mol. The van der Waals surface area contributed by atoms with Crippen molar-refractivity contribution >= 4 is 31.0 Å². The Morgan fingerprint density at radius 2 is 1.41 bits per heavy atom. The zero-order valence-electron chi connectivity index (χ0n) is 17.4. The minimum Gasteiger partial charge on any atom is -0.335 e. The molecule has 0 fully saturated rings. The van der Waals surface area contributed by atoms with Crippen molar-refractivity contribution in [1.29, 1.82) is 0 Å².